The van der Waals surface area contributed by atoms with Crippen molar-refractivity contribution >= 4 is 22.7 Å². The van der Waals surface area contributed by atoms with Crippen molar-refractivity contribution in [3.05, 3.63) is 35.4 Å². The van der Waals surface area contributed by atoms with Crippen LogP contribution in [0.2, 0.25) is 0 Å². The highest BCUT2D eigenvalue weighted by Gasteiger charge is 2.32. The average Bonchev–Trinajstić information content (AvgIpc) is 2.74. The first-order valence-electron chi connectivity index (χ1n) is 8.28. The molecule has 1 aliphatic rings. The number of carbonyl (C=O) groups is 1. The number of benzene rings is 1. The van der Waals surface area contributed by atoms with Crippen molar-refractivity contribution in [1.82, 2.24) is 0 Å². The summed E-state index contributed by atoms with van der Waals surface area (Å²) in [6, 6.07) is 7.92. The lowest BCUT2D eigenvalue weighted by Gasteiger charge is -2.21. The fourth-order valence-corrected chi connectivity index (χ4v) is 3.31. The molecule has 0 saturated carbocycles. The summed E-state index contributed by atoms with van der Waals surface area (Å²) in [5.41, 5.74) is 2.43. The van der Waals surface area contributed by atoms with Gasteiger partial charge in [-0.15, -0.1) is 0 Å². The van der Waals surface area contributed by atoms with Crippen LogP contribution in [0.5, 0.6) is 0 Å². The fraction of sp³-hybridized carbons (Fsp3) is 0.579. The van der Waals surface area contributed by atoms with E-state index < -0.39 is 21.3 Å². The summed E-state index contributed by atoms with van der Waals surface area (Å²) >= 11 is 0. The van der Waals surface area contributed by atoms with Gasteiger partial charge in [0, 0.05) is 11.5 Å². The summed E-state index contributed by atoms with van der Waals surface area (Å²) in [5.74, 6) is -0.174. The number of hydrogen-bond donors (Lipinski definition) is 0. The van der Waals surface area contributed by atoms with E-state index in [1.165, 1.54) is 0 Å². The zero-order valence-corrected chi connectivity index (χ0v) is 16.2. The first kappa shape index (κ1) is 18.8. The van der Waals surface area contributed by atoms with E-state index in [1.54, 1.807) is 0 Å². The lowest BCUT2D eigenvalue weighted by Crippen LogP contribution is -2.24. The van der Waals surface area contributed by atoms with E-state index in [0.29, 0.717) is 12.8 Å². The Balaban J connectivity index is 2.24. The monoisotopic (exact) mass is 349 g/mol. The van der Waals surface area contributed by atoms with Gasteiger partial charge in [0.25, 0.3) is 0 Å². The number of carbonyl (C=O) groups excluding carboxylic acids is 1. The topological polar surface area (TPSA) is 55.7 Å². The molecule has 4 nitrogen and oxygen atoms in total. The minimum Gasteiger partial charge on any atom is -0.460 e. The molecule has 0 amide bonds. The van der Waals surface area contributed by atoms with Gasteiger partial charge in [0.2, 0.25) is 0 Å². The molecule has 0 fully saturated rings. The number of ether oxygens (including phenoxy) is 1. The summed E-state index contributed by atoms with van der Waals surface area (Å²) in [4.78, 5) is 12.2. The molecule has 1 aromatic carbocycles. The highest BCUT2D eigenvalue weighted by Crippen LogP contribution is 2.37. The summed E-state index contributed by atoms with van der Waals surface area (Å²) in [6.07, 6.45) is 0.940. The molecule has 2 atom stereocenters. The molecule has 132 valence electrons. The Labute approximate surface area is 147 Å². The molecule has 1 aromatic rings. The third-order valence-corrected chi connectivity index (χ3v) is 5.14. The van der Waals surface area contributed by atoms with Gasteiger partial charge >= 0.3 is 5.97 Å². The molecular formula is C19H27NO3S. The standard InChI is InChI=1S/C19H27NO3S/c1-18(2,3)23-17(21)12-13-11-16(20-24(22)19(4,5)6)15-10-8-7-9-14(13)15/h7-10,13H,11-12H2,1-6H3/b20-16-/t13-,24?/m1/s1. The van der Waals surface area contributed by atoms with E-state index in [0.717, 1.165) is 16.8 Å². The molecule has 1 aliphatic carbocycles. The molecule has 0 aromatic heterocycles. The normalized spacial score (nSPS) is 20.8. The molecule has 0 bridgehead atoms. The molecule has 24 heavy (non-hydrogen) atoms. The highest BCUT2D eigenvalue weighted by molar-refractivity contribution is 7.85. The van der Waals surface area contributed by atoms with Crippen molar-refractivity contribution in [3.8, 4) is 0 Å². The van der Waals surface area contributed by atoms with E-state index in [2.05, 4.69) is 4.40 Å². The highest BCUT2D eigenvalue weighted by atomic mass is 32.2. The van der Waals surface area contributed by atoms with Crippen molar-refractivity contribution in [2.45, 2.75) is 70.7 Å². The Kier molecular flexibility index (Phi) is 5.33. The number of hydrogen-bond acceptors (Lipinski definition) is 3. The maximum Gasteiger partial charge on any atom is 0.306 e. The third-order valence-electron chi connectivity index (χ3n) is 3.70. The maximum absolute atomic E-state index is 12.4. The minimum atomic E-state index is -1.31. The number of nitrogens with zero attached hydrogens (tertiary/aromatic N) is 1. The second-order valence-corrected chi connectivity index (χ2v) is 10.1. The maximum atomic E-state index is 12.4. The van der Waals surface area contributed by atoms with Crippen LogP contribution >= 0.6 is 0 Å². The van der Waals surface area contributed by atoms with Crippen LogP contribution in [0.4, 0.5) is 0 Å². The van der Waals surface area contributed by atoms with Crippen LogP contribution in [-0.4, -0.2) is 26.2 Å². The molecule has 0 spiro atoms. The van der Waals surface area contributed by atoms with Crippen molar-refractivity contribution < 1.29 is 13.7 Å². The van der Waals surface area contributed by atoms with Crippen LogP contribution in [0.3, 0.4) is 0 Å². The van der Waals surface area contributed by atoms with E-state index in [1.807, 2.05) is 65.8 Å². The van der Waals surface area contributed by atoms with Gasteiger partial charge in [-0.25, -0.2) is 4.21 Å². The minimum absolute atomic E-state index is 0.0340. The molecule has 0 aliphatic heterocycles. The van der Waals surface area contributed by atoms with Crippen molar-refractivity contribution in [2.75, 3.05) is 0 Å². The fourth-order valence-electron chi connectivity index (χ4n) is 2.66. The lowest BCUT2D eigenvalue weighted by molar-refractivity contribution is -0.155. The van der Waals surface area contributed by atoms with Gasteiger partial charge in [0.1, 0.15) is 16.6 Å². The summed E-state index contributed by atoms with van der Waals surface area (Å²) in [5, 5.41) is 0. The predicted molar refractivity (Wildman–Crippen MR) is 98.7 cm³/mol. The predicted octanol–water partition coefficient (Wildman–Crippen LogP) is 4.16. The zero-order valence-electron chi connectivity index (χ0n) is 15.4. The number of rotatable bonds is 3. The summed E-state index contributed by atoms with van der Waals surface area (Å²) in [7, 11) is -1.31. The van der Waals surface area contributed by atoms with Crippen LogP contribution in [0.15, 0.2) is 28.7 Å². The Bertz CT molecular complexity index is 681. The molecule has 5 heteroatoms. The molecule has 0 radical (unpaired) electrons. The summed E-state index contributed by atoms with van der Waals surface area (Å²) < 4.78 is 21.9. The smallest absolute Gasteiger partial charge is 0.306 e. The average molecular weight is 349 g/mol. The molecule has 0 N–H and O–H groups in total. The molecule has 2 rings (SSSR count). The van der Waals surface area contributed by atoms with Gasteiger partial charge in [-0.2, -0.15) is 4.40 Å². The Hall–Kier alpha value is -1.49. The van der Waals surface area contributed by atoms with Gasteiger partial charge in [0.15, 0.2) is 0 Å². The SMILES string of the molecule is CC(C)(C)OC(=O)C[C@H]1C/C(=N/S(=O)C(C)(C)C)c2ccccc21. The first-order chi connectivity index (χ1) is 11.0. The van der Waals surface area contributed by atoms with Crippen LogP contribution in [0.1, 0.15) is 71.4 Å². The van der Waals surface area contributed by atoms with Crippen LogP contribution in [0.25, 0.3) is 0 Å². The second-order valence-electron chi connectivity index (χ2n) is 8.18. The Morgan fingerprint density at radius 2 is 1.83 bits per heavy atom. The van der Waals surface area contributed by atoms with E-state index in [9.17, 15) is 9.00 Å². The summed E-state index contributed by atoms with van der Waals surface area (Å²) in [6.45, 7) is 11.3. The van der Waals surface area contributed by atoms with Crippen LogP contribution in [0, 0.1) is 0 Å². The van der Waals surface area contributed by atoms with Gasteiger partial charge in [-0.05, 0) is 53.5 Å². The molecule has 0 saturated heterocycles. The molecule has 0 heterocycles. The number of esters is 1. The van der Waals surface area contributed by atoms with Gasteiger partial charge in [-0.1, -0.05) is 24.3 Å². The Morgan fingerprint density at radius 1 is 1.21 bits per heavy atom. The van der Waals surface area contributed by atoms with Crippen molar-refractivity contribution in [2.24, 2.45) is 4.40 Å². The Morgan fingerprint density at radius 3 is 2.42 bits per heavy atom. The second kappa shape index (κ2) is 6.79. The number of fused-ring (bicyclic) bond motifs is 1. The van der Waals surface area contributed by atoms with Crippen LogP contribution in [-0.2, 0) is 20.5 Å². The van der Waals surface area contributed by atoms with Gasteiger partial charge < -0.3 is 4.74 Å². The molecular weight excluding hydrogens is 322 g/mol. The largest absolute Gasteiger partial charge is 0.460 e. The molecule has 1 unspecified atom stereocenters. The van der Waals surface area contributed by atoms with Crippen LogP contribution < -0.4 is 0 Å². The zero-order chi connectivity index (χ0) is 18.1. The van der Waals surface area contributed by atoms with Crippen molar-refractivity contribution in [3.63, 3.8) is 0 Å². The first-order valence-corrected chi connectivity index (χ1v) is 9.39. The van der Waals surface area contributed by atoms with Gasteiger partial charge in [0.05, 0.1) is 16.9 Å². The van der Waals surface area contributed by atoms with E-state index in [-0.39, 0.29) is 11.9 Å². The quantitative estimate of drug-likeness (QED) is 0.770. The van der Waals surface area contributed by atoms with Crippen molar-refractivity contribution in [1.29, 1.82) is 0 Å². The third kappa shape index (κ3) is 4.76. The lowest BCUT2D eigenvalue weighted by atomic mass is 9.98. The van der Waals surface area contributed by atoms with E-state index in [4.69, 9.17) is 4.74 Å². The van der Waals surface area contributed by atoms with E-state index >= 15 is 0 Å². The van der Waals surface area contributed by atoms with Gasteiger partial charge in [-0.3, -0.25) is 4.79 Å².